The fourth-order valence-electron chi connectivity index (χ4n) is 4.45. The highest BCUT2D eigenvalue weighted by atomic mass is 16.1. The van der Waals surface area contributed by atoms with E-state index in [4.69, 9.17) is 0 Å². The predicted octanol–water partition coefficient (Wildman–Crippen LogP) is 4.95. The first-order valence-electron chi connectivity index (χ1n) is 11.5. The van der Waals surface area contributed by atoms with Crippen molar-refractivity contribution in [3.63, 3.8) is 0 Å². The molecule has 34 heavy (non-hydrogen) atoms. The Balaban J connectivity index is 1.53. The van der Waals surface area contributed by atoms with Gasteiger partial charge in [-0.15, -0.1) is 10.2 Å². The molecule has 5 rings (SSSR count). The Morgan fingerprint density at radius 3 is 2.38 bits per heavy atom. The van der Waals surface area contributed by atoms with E-state index in [0.29, 0.717) is 6.42 Å². The van der Waals surface area contributed by atoms with E-state index < -0.39 is 0 Å². The summed E-state index contributed by atoms with van der Waals surface area (Å²) in [7, 11) is 0. The van der Waals surface area contributed by atoms with Crippen molar-refractivity contribution in [1.29, 1.82) is 0 Å². The minimum atomic E-state index is -0.324. The summed E-state index contributed by atoms with van der Waals surface area (Å²) in [6.07, 6.45) is 4.22. The number of carbonyl (C=O) groups is 1. The Labute approximate surface area is 198 Å². The topological polar surface area (TPSA) is 75.6 Å². The number of para-hydroxylation sites is 2. The van der Waals surface area contributed by atoms with Crippen LogP contribution in [0.4, 0.5) is 0 Å². The third-order valence-electron chi connectivity index (χ3n) is 6.04. The van der Waals surface area contributed by atoms with Crippen molar-refractivity contribution in [2.75, 3.05) is 0 Å². The molecule has 0 saturated heterocycles. The number of aromatic nitrogens is 4. The highest BCUT2D eigenvalue weighted by molar-refractivity contribution is 5.83. The lowest BCUT2D eigenvalue weighted by Gasteiger charge is -2.19. The Hall–Kier alpha value is -4.19. The van der Waals surface area contributed by atoms with Crippen LogP contribution in [0.25, 0.3) is 16.6 Å². The van der Waals surface area contributed by atoms with E-state index in [0.717, 1.165) is 46.6 Å². The molecule has 6 nitrogen and oxygen atoms in total. The highest BCUT2D eigenvalue weighted by Gasteiger charge is 2.24. The fourth-order valence-corrected chi connectivity index (χ4v) is 4.45. The number of nitrogens with zero attached hydrogens (tertiary/aromatic N) is 3. The van der Waals surface area contributed by atoms with Crippen molar-refractivity contribution < 1.29 is 4.79 Å². The summed E-state index contributed by atoms with van der Waals surface area (Å²) in [6, 6.07) is 28.4. The van der Waals surface area contributed by atoms with Crippen LogP contribution < -0.4 is 5.32 Å². The van der Waals surface area contributed by atoms with Gasteiger partial charge < -0.3 is 10.3 Å². The molecule has 0 spiro atoms. The highest BCUT2D eigenvalue weighted by Crippen LogP contribution is 2.26. The predicted molar refractivity (Wildman–Crippen MR) is 134 cm³/mol. The third-order valence-corrected chi connectivity index (χ3v) is 6.04. The molecule has 2 aromatic heterocycles. The zero-order valence-electron chi connectivity index (χ0n) is 19.1. The molecule has 1 amide bonds. The summed E-state index contributed by atoms with van der Waals surface area (Å²) in [6.45, 7) is 1.54. The maximum atomic E-state index is 12.2. The van der Waals surface area contributed by atoms with Crippen molar-refractivity contribution in [2.45, 2.75) is 32.2 Å². The molecule has 2 N–H and O–H groups in total. The van der Waals surface area contributed by atoms with E-state index in [1.165, 1.54) is 5.56 Å². The molecule has 5 aromatic rings. The van der Waals surface area contributed by atoms with Gasteiger partial charge in [0, 0.05) is 42.6 Å². The Bertz CT molecular complexity index is 1390. The first-order valence-corrected chi connectivity index (χ1v) is 11.5. The van der Waals surface area contributed by atoms with Gasteiger partial charge in [-0.05, 0) is 35.7 Å². The quantitative estimate of drug-likeness (QED) is 0.352. The molecule has 0 aliphatic carbocycles. The standard InChI is InChI=1S/C28H27N5O/c1-20(34)30-26(18-22-19-29-25-15-9-8-14-24(22)25)28-32-31-27(17-16-21-10-4-2-5-11-21)33(28)23-12-6-3-7-13-23/h2-15,19,26,29H,16-18H2,1H3,(H,30,34)/t26-/m1/s1. The van der Waals surface area contributed by atoms with Crippen LogP contribution in [0.15, 0.2) is 91.1 Å². The number of amides is 1. The van der Waals surface area contributed by atoms with Crippen LogP contribution in [0.2, 0.25) is 0 Å². The average molecular weight is 450 g/mol. The maximum Gasteiger partial charge on any atom is 0.217 e. The normalized spacial score (nSPS) is 12.0. The van der Waals surface area contributed by atoms with Gasteiger partial charge >= 0.3 is 0 Å². The molecule has 0 bridgehead atoms. The number of benzene rings is 3. The zero-order chi connectivity index (χ0) is 23.3. The van der Waals surface area contributed by atoms with Crippen molar-refractivity contribution in [3.05, 3.63) is 114 Å². The van der Waals surface area contributed by atoms with Crippen LogP contribution >= 0.6 is 0 Å². The number of rotatable bonds is 8. The van der Waals surface area contributed by atoms with Gasteiger partial charge in [0.2, 0.25) is 5.91 Å². The molecule has 170 valence electrons. The first-order chi connectivity index (χ1) is 16.7. The van der Waals surface area contributed by atoms with Crippen LogP contribution in [-0.4, -0.2) is 25.7 Å². The minimum absolute atomic E-state index is 0.0988. The molecule has 3 aromatic carbocycles. The number of H-pyrrole nitrogens is 1. The second-order valence-corrected chi connectivity index (χ2v) is 8.45. The number of nitrogens with one attached hydrogen (secondary N) is 2. The monoisotopic (exact) mass is 449 g/mol. The summed E-state index contributed by atoms with van der Waals surface area (Å²) < 4.78 is 2.10. The van der Waals surface area contributed by atoms with Gasteiger partial charge in [-0.2, -0.15) is 0 Å². The van der Waals surface area contributed by atoms with E-state index >= 15 is 0 Å². The minimum Gasteiger partial charge on any atom is -0.361 e. The average Bonchev–Trinajstić information content (AvgIpc) is 3.48. The molecule has 2 heterocycles. The maximum absolute atomic E-state index is 12.2. The lowest BCUT2D eigenvalue weighted by molar-refractivity contribution is -0.119. The van der Waals surface area contributed by atoms with Crippen molar-refractivity contribution in [1.82, 2.24) is 25.1 Å². The molecule has 6 heteroatoms. The van der Waals surface area contributed by atoms with Gasteiger partial charge in [-0.25, -0.2) is 0 Å². The van der Waals surface area contributed by atoms with Crippen LogP contribution in [0.5, 0.6) is 0 Å². The molecular weight excluding hydrogens is 422 g/mol. The molecule has 0 radical (unpaired) electrons. The van der Waals surface area contributed by atoms with Crippen molar-refractivity contribution in [3.8, 4) is 5.69 Å². The lowest BCUT2D eigenvalue weighted by Crippen LogP contribution is -2.30. The van der Waals surface area contributed by atoms with Crippen LogP contribution in [0, 0.1) is 0 Å². The number of hydrogen-bond donors (Lipinski definition) is 2. The zero-order valence-corrected chi connectivity index (χ0v) is 19.1. The molecule has 0 aliphatic heterocycles. The van der Waals surface area contributed by atoms with Crippen LogP contribution in [0.3, 0.4) is 0 Å². The SMILES string of the molecule is CC(=O)N[C@H](Cc1c[nH]c2ccccc12)c1nnc(CCc2ccccc2)n1-c1ccccc1. The lowest BCUT2D eigenvalue weighted by atomic mass is 10.0. The van der Waals surface area contributed by atoms with E-state index in [-0.39, 0.29) is 11.9 Å². The molecule has 0 fully saturated rings. The first kappa shape index (κ1) is 21.6. The Kier molecular flexibility index (Phi) is 6.21. The van der Waals surface area contributed by atoms with Gasteiger partial charge in [0.15, 0.2) is 5.82 Å². The molecule has 0 unspecified atom stereocenters. The van der Waals surface area contributed by atoms with Gasteiger partial charge in [-0.3, -0.25) is 9.36 Å². The molecular formula is C28H27N5O. The number of aromatic amines is 1. The van der Waals surface area contributed by atoms with Crippen LogP contribution in [0.1, 0.15) is 35.7 Å². The van der Waals surface area contributed by atoms with E-state index in [1.54, 1.807) is 6.92 Å². The van der Waals surface area contributed by atoms with E-state index in [1.807, 2.05) is 42.6 Å². The number of aryl methyl sites for hydroxylation is 2. The molecule has 0 saturated carbocycles. The van der Waals surface area contributed by atoms with Crippen LogP contribution in [-0.2, 0) is 24.1 Å². The van der Waals surface area contributed by atoms with E-state index in [2.05, 4.69) is 73.6 Å². The third kappa shape index (κ3) is 4.62. The summed E-state index contributed by atoms with van der Waals surface area (Å²) in [5, 5.41) is 13.5. The van der Waals surface area contributed by atoms with Gasteiger partial charge in [0.05, 0.1) is 6.04 Å². The number of fused-ring (bicyclic) bond motifs is 1. The summed E-state index contributed by atoms with van der Waals surface area (Å²) in [4.78, 5) is 15.5. The molecule has 1 atom stereocenters. The van der Waals surface area contributed by atoms with Gasteiger partial charge in [0.25, 0.3) is 0 Å². The number of carbonyl (C=O) groups excluding carboxylic acids is 1. The van der Waals surface area contributed by atoms with Crippen molar-refractivity contribution >= 4 is 16.8 Å². The summed E-state index contributed by atoms with van der Waals surface area (Å²) in [5.41, 5.74) is 4.44. The largest absolute Gasteiger partial charge is 0.361 e. The molecule has 0 aliphatic rings. The van der Waals surface area contributed by atoms with E-state index in [9.17, 15) is 4.79 Å². The smallest absolute Gasteiger partial charge is 0.217 e. The summed E-state index contributed by atoms with van der Waals surface area (Å²) in [5.74, 6) is 1.51. The van der Waals surface area contributed by atoms with Gasteiger partial charge in [0.1, 0.15) is 5.82 Å². The van der Waals surface area contributed by atoms with Gasteiger partial charge in [-0.1, -0.05) is 66.7 Å². The van der Waals surface area contributed by atoms with Crippen molar-refractivity contribution in [2.24, 2.45) is 0 Å². The second-order valence-electron chi connectivity index (χ2n) is 8.45. The Morgan fingerprint density at radius 1 is 0.912 bits per heavy atom. The number of hydrogen-bond acceptors (Lipinski definition) is 3. The second kappa shape index (κ2) is 9.75. The Morgan fingerprint density at radius 2 is 1.62 bits per heavy atom. The fraction of sp³-hybridized carbons (Fsp3) is 0.179. The summed E-state index contributed by atoms with van der Waals surface area (Å²) >= 11 is 0.